The van der Waals surface area contributed by atoms with Gasteiger partial charge in [0.1, 0.15) is 23.3 Å². The average molecular weight is 1000 g/mol. The molecule has 65 heavy (non-hydrogen) atoms. The topological polar surface area (TPSA) is 135 Å². The van der Waals surface area contributed by atoms with Crippen LogP contribution in [0.15, 0.2) is 97.1 Å². The molecule has 0 radical (unpaired) electrons. The van der Waals surface area contributed by atoms with Gasteiger partial charge in [0.05, 0.1) is 37.2 Å². The minimum Gasteiger partial charge on any atom is -0.854 e. The van der Waals surface area contributed by atoms with Crippen LogP contribution in [-0.2, 0) is 19.1 Å². The standard InChI is InChI=1S/C21H24F2N2O3.C19H21F2N2O.C4H8O.C2H3BrO2.3Na/c22-18-5-1-16(2-6-18)21(17-3-7-19(23)8-4-17)25-11-9-24(10-12-25)13-14-28-15-20(26)27;20-17-5-1-15(2-6-17)19(16-3-7-18(21)8-4-16)23-11-9-22(10-12-23)13-14-24;1-2-4-5-3-1;3-1-2(4)5;;;/h1-8,21H,9-15H2,(H,26,27);1-8,19H,9-14H2;1-4H2;1H2,(H,4,5);;;/q;-1;;;3*+1/p-2. The van der Waals surface area contributed by atoms with Crippen molar-refractivity contribution in [2.75, 3.05) is 104 Å². The van der Waals surface area contributed by atoms with Gasteiger partial charge in [0.2, 0.25) is 0 Å². The summed E-state index contributed by atoms with van der Waals surface area (Å²) in [6, 6.07) is 25.7. The zero-order valence-electron chi connectivity index (χ0n) is 37.7. The zero-order chi connectivity index (χ0) is 44.7. The summed E-state index contributed by atoms with van der Waals surface area (Å²) in [6.07, 6.45) is 2.56. The van der Waals surface area contributed by atoms with Crippen LogP contribution in [0.4, 0.5) is 17.6 Å². The first-order valence-corrected chi connectivity index (χ1v) is 21.7. The van der Waals surface area contributed by atoms with E-state index in [-0.39, 0.29) is 136 Å². The monoisotopic (exact) mass is 998 g/mol. The van der Waals surface area contributed by atoms with Gasteiger partial charge in [-0.25, -0.2) is 17.6 Å². The summed E-state index contributed by atoms with van der Waals surface area (Å²) in [7, 11) is 0. The Bertz CT molecular complexity index is 1780. The van der Waals surface area contributed by atoms with Gasteiger partial charge in [-0.15, -0.1) is 6.61 Å². The molecule has 0 unspecified atom stereocenters. The minimum atomic E-state index is -1.22. The van der Waals surface area contributed by atoms with Gasteiger partial charge in [0.15, 0.2) is 0 Å². The Morgan fingerprint density at radius 2 is 0.862 bits per heavy atom. The molecule has 3 aliphatic rings. The van der Waals surface area contributed by atoms with E-state index in [0.29, 0.717) is 19.7 Å². The van der Waals surface area contributed by atoms with Crippen molar-refractivity contribution in [3.63, 3.8) is 0 Å². The van der Waals surface area contributed by atoms with Crippen molar-refractivity contribution < 1.29 is 141 Å². The average Bonchev–Trinajstić information content (AvgIpc) is 3.88. The summed E-state index contributed by atoms with van der Waals surface area (Å²) in [6.45, 7) is 9.55. The molecule has 4 aromatic carbocycles. The first-order valence-electron chi connectivity index (χ1n) is 20.6. The molecule has 0 N–H and O–H groups in total. The Kier molecular flexibility index (Phi) is 33.2. The Balaban J connectivity index is 0.000000518. The van der Waals surface area contributed by atoms with Crippen molar-refractivity contribution in [1.82, 2.24) is 19.6 Å². The largest absolute Gasteiger partial charge is 1.00 e. The maximum absolute atomic E-state index is 13.4. The van der Waals surface area contributed by atoms with E-state index in [4.69, 9.17) is 9.47 Å². The number of alkyl halides is 1. The number of hydrogen-bond donors (Lipinski definition) is 0. The number of carboxylic acid groups (broad SMARTS) is 2. The van der Waals surface area contributed by atoms with Crippen LogP contribution >= 0.6 is 15.9 Å². The van der Waals surface area contributed by atoms with Gasteiger partial charge in [-0.1, -0.05) is 64.5 Å². The van der Waals surface area contributed by atoms with Crippen molar-refractivity contribution >= 4 is 27.9 Å². The second kappa shape index (κ2) is 34.9. The van der Waals surface area contributed by atoms with Crippen LogP contribution in [0.5, 0.6) is 0 Å². The van der Waals surface area contributed by atoms with Crippen molar-refractivity contribution in [3.8, 4) is 0 Å². The predicted octanol–water partition coefficient (Wildman–Crippen LogP) is -5.59. The van der Waals surface area contributed by atoms with E-state index in [9.17, 15) is 42.5 Å². The van der Waals surface area contributed by atoms with Gasteiger partial charge < -0.3 is 39.3 Å². The molecule has 0 amide bonds. The summed E-state index contributed by atoms with van der Waals surface area (Å²) in [5.41, 5.74) is 3.89. The Morgan fingerprint density at radius 3 is 1.11 bits per heavy atom. The number of hydrogen-bond acceptors (Lipinski definition) is 11. The molecular formula is C46H54BrF4N4Na3O7. The molecule has 0 aromatic heterocycles. The smallest absolute Gasteiger partial charge is 0.854 e. The number of carbonyl (C=O) groups is 2. The van der Waals surface area contributed by atoms with Crippen LogP contribution in [0.1, 0.15) is 47.2 Å². The van der Waals surface area contributed by atoms with Crippen LogP contribution in [-0.4, -0.2) is 135 Å². The van der Waals surface area contributed by atoms with Crippen molar-refractivity contribution in [3.05, 3.63) is 143 Å². The number of aliphatic carboxylic acids is 2. The van der Waals surface area contributed by atoms with Gasteiger partial charge in [-0.05, 0) is 90.2 Å². The molecule has 0 aliphatic carbocycles. The number of ether oxygens (including phenoxy) is 2. The molecular weight excluding hydrogens is 945 g/mol. The Hall–Kier alpha value is -1.26. The van der Waals surface area contributed by atoms with E-state index in [1.165, 1.54) is 61.4 Å². The second-order valence-corrected chi connectivity index (χ2v) is 15.3. The number of halogens is 5. The van der Waals surface area contributed by atoms with Gasteiger partial charge >= 0.3 is 88.7 Å². The fraction of sp³-hybridized carbons (Fsp3) is 0.435. The molecule has 338 valence electrons. The van der Waals surface area contributed by atoms with E-state index < -0.39 is 18.5 Å². The number of nitrogens with zero attached hydrogens (tertiary/aromatic N) is 4. The van der Waals surface area contributed by atoms with E-state index in [0.717, 1.165) is 87.8 Å². The molecule has 7 rings (SSSR count). The maximum Gasteiger partial charge on any atom is 1.00 e. The van der Waals surface area contributed by atoms with E-state index in [1.54, 1.807) is 48.5 Å². The van der Waals surface area contributed by atoms with Gasteiger partial charge in [0, 0.05) is 77.4 Å². The molecule has 3 aliphatic heterocycles. The van der Waals surface area contributed by atoms with Crippen LogP contribution in [0.2, 0.25) is 0 Å². The number of rotatable bonds is 14. The van der Waals surface area contributed by atoms with Gasteiger partial charge in [-0.3, -0.25) is 14.7 Å². The zero-order valence-corrected chi connectivity index (χ0v) is 45.2. The number of piperazine rings is 2. The normalized spacial score (nSPS) is 15.4. The van der Waals surface area contributed by atoms with E-state index >= 15 is 0 Å². The molecule has 0 atom stereocenters. The fourth-order valence-corrected chi connectivity index (χ4v) is 7.29. The molecule has 19 heteroatoms. The molecule has 11 nitrogen and oxygen atoms in total. The van der Waals surface area contributed by atoms with Crippen LogP contribution < -0.4 is 104 Å². The first-order chi connectivity index (χ1) is 30.0. The number of carbonyl (C=O) groups excluding carboxylic acids is 2. The summed E-state index contributed by atoms with van der Waals surface area (Å²) in [5.74, 6) is -3.41. The molecule has 0 saturated carbocycles. The predicted molar refractivity (Wildman–Crippen MR) is 225 cm³/mol. The summed E-state index contributed by atoms with van der Waals surface area (Å²) in [4.78, 5) is 28.6. The van der Waals surface area contributed by atoms with Gasteiger partial charge in [0.25, 0.3) is 0 Å². The molecule has 3 heterocycles. The van der Waals surface area contributed by atoms with E-state index in [1.807, 2.05) is 0 Å². The second-order valence-electron chi connectivity index (χ2n) is 14.7. The van der Waals surface area contributed by atoms with Crippen molar-refractivity contribution in [2.45, 2.75) is 24.9 Å². The molecule has 0 spiro atoms. The molecule has 3 fully saturated rings. The summed E-state index contributed by atoms with van der Waals surface area (Å²) in [5, 5.41) is 30.3. The van der Waals surface area contributed by atoms with Crippen molar-refractivity contribution in [1.29, 1.82) is 0 Å². The SMILES string of the molecule is C1CCOC1.O=C([O-])CBr.O=C([O-])COCCN1CCN(C(c2ccc(F)cc2)c2ccc(F)cc2)CC1.[Na+].[Na+].[Na+].[O-]CCN1CCN(C(c2ccc(F)cc2)c2ccc(F)cc2)CC1. The minimum absolute atomic E-state index is 0. The molecule has 0 bridgehead atoms. The van der Waals surface area contributed by atoms with Crippen molar-refractivity contribution in [2.24, 2.45) is 0 Å². The number of carboxylic acids is 2. The summed E-state index contributed by atoms with van der Waals surface area (Å²) >= 11 is 2.65. The maximum atomic E-state index is 13.4. The third kappa shape index (κ3) is 23.3. The van der Waals surface area contributed by atoms with Gasteiger partial charge in [-0.2, -0.15) is 0 Å². The Labute approximate surface area is 454 Å². The number of benzene rings is 4. The first kappa shape index (κ1) is 61.8. The third-order valence-corrected chi connectivity index (χ3v) is 10.9. The molecule has 4 aromatic rings. The van der Waals surface area contributed by atoms with Crippen LogP contribution in [0, 0.1) is 23.3 Å². The molecule has 3 saturated heterocycles. The third-order valence-electron chi connectivity index (χ3n) is 10.4. The quantitative estimate of drug-likeness (QED) is 0.0519. The van der Waals surface area contributed by atoms with Crippen LogP contribution in [0.3, 0.4) is 0 Å². The van der Waals surface area contributed by atoms with Crippen LogP contribution in [0.25, 0.3) is 0 Å². The Morgan fingerprint density at radius 1 is 0.554 bits per heavy atom. The fourth-order valence-electron chi connectivity index (χ4n) is 7.29. The summed E-state index contributed by atoms with van der Waals surface area (Å²) < 4.78 is 63.3. The van der Waals surface area contributed by atoms with E-state index in [2.05, 4.69) is 35.5 Å².